The van der Waals surface area contributed by atoms with Crippen molar-refractivity contribution in [2.75, 3.05) is 16.0 Å². The summed E-state index contributed by atoms with van der Waals surface area (Å²) in [5.41, 5.74) is 4.21. The molecule has 0 saturated carbocycles. The summed E-state index contributed by atoms with van der Waals surface area (Å²) in [6, 6.07) is 31.3. The lowest BCUT2D eigenvalue weighted by atomic mass is 10.1. The molecule has 0 heterocycles. The summed E-state index contributed by atoms with van der Waals surface area (Å²) in [5.74, 6) is -1.31. The first-order valence-electron chi connectivity index (χ1n) is 11.5. The molecule has 1 amide bonds. The van der Waals surface area contributed by atoms with Crippen molar-refractivity contribution >= 4 is 58.0 Å². The highest BCUT2D eigenvalue weighted by Crippen LogP contribution is 2.37. The van der Waals surface area contributed by atoms with Crippen molar-refractivity contribution in [3.63, 3.8) is 0 Å². The van der Waals surface area contributed by atoms with E-state index >= 15 is 0 Å². The Morgan fingerprint density at radius 3 is 2.11 bits per heavy atom. The molecule has 6 nitrogen and oxygen atoms in total. The van der Waals surface area contributed by atoms with Gasteiger partial charge < -0.3 is 21.1 Å². The summed E-state index contributed by atoms with van der Waals surface area (Å²) in [6.45, 7) is 2.03. The summed E-state index contributed by atoms with van der Waals surface area (Å²) in [5, 5.41) is 18.4. The van der Waals surface area contributed by atoms with Crippen molar-refractivity contribution in [3.05, 3.63) is 120 Å². The van der Waals surface area contributed by atoms with Crippen LogP contribution in [0.15, 0.2) is 108 Å². The molecule has 4 rings (SSSR count). The molecule has 0 spiro atoms. The summed E-state index contributed by atoms with van der Waals surface area (Å²) >= 11 is 6.86. The zero-order valence-electron chi connectivity index (χ0n) is 20.0. The molecule has 0 radical (unpaired) electrons. The van der Waals surface area contributed by atoms with Crippen LogP contribution in [0.4, 0.5) is 17.1 Å². The van der Waals surface area contributed by atoms with Crippen LogP contribution in [0.5, 0.6) is 0 Å². The Balaban J connectivity index is 1.50. The minimum Gasteiger partial charge on any atom is -0.478 e. The van der Waals surface area contributed by atoms with Crippen molar-refractivity contribution in [1.82, 2.24) is 0 Å². The predicted octanol–water partition coefficient (Wildman–Crippen LogP) is 6.97. The Labute approximate surface area is 225 Å². The number of hydrogen-bond donors (Lipinski definition) is 4. The number of carbonyl (C=O) groups is 2. The quantitative estimate of drug-likeness (QED) is 0.145. The molecule has 8 heteroatoms. The maximum atomic E-state index is 13.4. The summed E-state index contributed by atoms with van der Waals surface area (Å²) in [6.07, 6.45) is 0. The van der Waals surface area contributed by atoms with Crippen molar-refractivity contribution < 1.29 is 14.7 Å². The number of benzene rings is 4. The van der Waals surface area contributed by atoms with Crippen LogP contribution in [-0.4, -0.2) is 22.1 Å². The predicted molar refractivity (Wildman–Crippen MR) is 155 cm³/mol. The highest BCUT2D eigenvalue weighted by molar-refractivity contribution is 8.00. The van der Waals surface area contributed by atoms with Crippen LogP contribution < -0.4 is 16.0 Å². The van der Waals surface area contributed by atoms with Crippen LogP contribution in [0.1, 0.15) is 26.7 Å². The molecule has 4 N–H and O–H groups in total. The molecule has 0 aromatic heterocycles. The first kappa shape index (κ1) is 25.9. The van der Waals surface area contributed by atoms with Gasteiger partial charge in [0.05, 0.1) is 5.56 Å². The Bertz CT molecular complexity index is 1410. The maximum absolute atomic E-state index is 13.4. The Morgan fingerprint density at radius 1 is 0.757 bits per heavy atom. The molecule has 1 unspecified atom stereocenters. The fraction of sp³-hybridized carbons (Fsp3) is 0.0690. The van der Waals surface area contributed by atoms with Crippen LogP contribution in [0.2, 0.25) is 0 Å². The van der Waals surface area contributed by atoms with E-state index in [-0.39, 0.29) is 11.5 Å². The molecular formula is C29H25N3O3S2. The zero-order valence-corrected chi connectivity index (χ0v) is 21.6. The van der Waals surface area contributed by atoms with Gasteiger partial charge in [-0.05, 0) is 73.2 Å². The lowest BCUT2D eigenvalue weighted by molar-refractivity contribution is -0.115. The van der Waals surface area contributed by atoms with Crippen molar-refractivity contribution in [3.8, 4) is 0 Å². The summed E-state index contributed by atoms with van der Waals surface area (Å²) in [4.78, 5) is 25.6. The average Bonchev–Trinajstić information content (AvgIpc) is 2.89. The van der Waals surface area contributed by atoms with Gasteiger partial charge >= 0.3 is 5.97 Å². The molecule has 0 aliphatic carbocycles. The van der Waals surface area contributed by atoms with Gasteiger partial charge in [-0.3, -0.25) is 4.79 Å². The largest absolute Gasteiger partial charge is 0.478 e. The number of amides is 1. The van der Waals surface area contributed by atoms with E-state index in [1.54, 1.807) is 12.1 Å². The number of aryl methyl sites for hydroxylation is 1. The molecule has 186 valence electrons. The molecule has 4 aromatic carbocycles. The highest BCUT2D eigenvalue weighted by atomic mass is 32.2. The molecule has 0 aliphatic rings. The second-order valence-electron chi connectivity index (χ2n) is 8.26. The molecule has 0 fully saturated rings. The Kier molecular flexibility index (Phi) is 8.56. The second kappa shape index (κ2) is 12.2. The van der Waals surface area contributed by atoms with E-state index in [0.717, 1.165) is 21.8 Å². The maximum Gasteiger partial charge on any atom is 0.335 e. The van der Waals surface area contributed by atoms with Gasteiger partial charge in [0.15, 0.2) is 5.11 Å². The number of thioether (sulfide) groups is 1. The Hall–Kier alpha value is -4.14. The van der Waals surface area contributed by atoms with Crippen LogP contribution in [0.25, 0.3) is 0 Å². The van der Waals surface area contributed by atoms with Crippen molar-refractivity contribution in [2.24, 2.45) is 0 Å². The molecule has 0 saturated heterocycles. The van der Waals surface area contributed by atoms with Gasteiger partial charge in [-0.15, -0.1) is 11.8 Å². The SMILES string of the molecule is Cc1ccc(NC(=S)Nc2cccc(SC(C(=O)Nc3cccc(C(=O)O)c3)c3ccccc3)c2)cc1. The monoisotopic (exact) mass is 527 g/mol. The van der Waals surface area contributed by atoms with E-state index in [0.29, 0.717) is 10.8 Å². The topological polar surface area (TPSA) is 90.5 Å². The van der Waals surface area contributed by atoms with E-state index in [1.807, 2.05) is 85.8 Å². The van der Waals surface area contributed by atoms with Crippen LogP contribution in [-0.2, 0) is 4.79 Å². The van der Waals surface area contributed by atoms with E-state index in [2.05, 4.69) is 16.0 Å². The van der Waals surface area contributed by atoms with Crippen LogP contribution >= 0.6 is 24.0 Å². The number of carboxylic acids is 1. The van der Waals surface area contributed by atoms with Crippen molar-refractivity contribution in [1.29, 1.82) is 0 Å². The number of carbonyl (C=O) groups excluding carboxylic acids is 1. The van der Waals surface area contributed by atoms with Crippen LogP contribution in [0, 0.1) is 6.92 Å². The zero-order chi connectivity index (χ0) is 26.2. The highest BCUT2D eigenvalue weighted by Gasteiger charge is 2.22. The third kappa shape index (κ3) is 7.42. The molecule has 37 heavy (non-hydrogen) atoms. The summed E-state index contributed by atoms with van der Waals surface area (Å²) < 4.78 is 0. The molecule has 0 aliphatic heterocycles. The van der Waals surface area contributed by atoms with Gasteiger partial charge in [-0.1, -0.05) is 60.2 Å². The molecule has 1 atom stereocenters. The smallest absolute Gasteiger partial charge is 0.335 e. The van der Waals surface area contributed by atoms with E-state index in [4.69, 9.17) is 12.2 Å². The fourth-order valence-corrected chi connectivity index (χ4v) is 4.87. The number of nitrogens with one attached hydrogen (secondary N) is 3. The third-order valence-corrected chi connectivity index (χ3v) is 6.82. The number of hydrogen-bond acceptors (Lipinski definition) is 4. The van der Waals surface area contributed by atoms with Gasteiger partial charge in [0, 0.05) is 22.0 Å². The first-order chi connectivity index (χ1) is 17.9. The fourth-order valence-electron chi connectivity index (χ4n) is 3.55. The molecular weight excluding hydrogens is 502 g/mol. The van der Waals surface area contributed by atoms with Gasteiger partial charge in [0.1, 0.15) is 5.25 Å². The second-order valence-corrected chi connectivity index (χ2v) is 9.84. The van der Waals surface area contributed by atoms with Gasteiger partial charge in [0.2, 0.25) is 5.91 Å². The van der Waals surface area contributed by atoms with Gasteiger partial charge in [-0.25, -0.2) is 4.79 Å². The lowest BCUT2D eigenvalue weighted by Crippen LogP contribution is -2.20. The lowest BCUT2D eigenvalue weighted by Gasteiger charge is -2.18. The molecule has 0 bridgehead atoms. The van der Waals surface area contributed by atoms with Crippen LogP contribution in [0.3, 0.4) is 0 Å². The number of rotatable bonds is 8. The van der Waals surface area contributed by atoms with E-state index < -0.39 is 11.2 Å². The minimum atomic E-state index is -1.05. The van der Waals surface area contributed by atoms with Gasteiger partial charge in [0.25, 0.3) is 0 Å². The first-order valence-corrected chi connectivity index (χ1v) is 12.8. The Morgan fingerprint density at radius 2 is 1.41 bits per heavy atom. The number of carboxylic acid groups (broad SMARTS) is 1. The number of aromatic carboxylic acids is 1. The summed E-state index contributed by atoms with van der Waals surface area (Å²) in [7, 11) is 0. The van der Waals surface area contributed by atoms with E-state index in [1.165, 1.54) is 29.5 Å². The third-order valence-electron chi connectivity index (χ3n) is 5.37. The van der Waals surface area contributed by atoms with Gasteiger partial charge in [-0.2, -0.15) is 0 Å². The van der Waals surface area contributed by atoms with Crippen molar-refractivity contribution in [2.45, 2.75) is 17.1 Å². The normalized spacial score (nSPS) is 11.3. The standard InChI is InChI=1S/C29H25N3O3S2/c1-19-13-15-22(16-14-19)31-29(36)32-24-11-6-12-25(18-24)37-26(20-7-3-2-4-8-20)27(33)30-23-10-5-9-21(17-23)28(34)35/h2-18,26H,1H3,(H,30,33)(H,34,35)(H2,31,32,36). The van der Waals surface area contributed by atoms with E-state index in [9.17, 15) is 14.7 Å². The average molecular weight is 528 g/mol. The number of anilines is 3. The molecule has 4 aromatic rings. The number of thiocarbonyl (C=S) groups is 1. The minimum absolute atomic E-state index is 0.107.